The van der Waals surface area contributed by atoms with Gasteiger partial charge in [-0.05, 0) is 69.3 Å². The molecule has 1 atom stereocenters. The van der Waals surface area contributed by atoms with Crippen LogP contribution in [0.3, 0.4) is 0 Å². The molecule has 4 saturated carbocycles. The molecular formula is C16H22N2O2. The van der Waals surface area contributed by atoms with Crippen LogP contribution in [0.5, 0.6) is 0 Å². The van der Waals surface area contributed by atoms with E-state index in [0.29, 0.717) is 0 Å². The maximum absolute atomic E-state index is 12.2. The molecule has 5 rings (SSSR count). The lowest BCUT2D eigenvalue weighted by Gasteiger charge is -2.61. The van der Waals surface area contributed by atoms with Crippen molar-refractivity contribution in [2.24, 2.45) is 23.2 Å². The third-order valence-corrected chi connectivity index (χ3v) is 6.45. The number of carbonyl (C=O) groups is 1. The Kier molecular flexibility index (Phi) is 2.40. The minimum atomic E-state index is -0.896. The summed E-state index contributed by atoms with van der Waals surface area (Å²) in [5.74, 6) is 1.52. The molecule has 0 amide bonds. The summed E-state index contributed by atoms with van der Waals surface area (Å²) in [4.78, 5) is 12.2. The molecule has 1 heterocycles. The molecule has 0 aliphatic heterocycles. The van der Waals surface area contributed by atoms with Crippen molar-refractivity contribution >= 4 is 5.97 Å². The second kappa shape index (κ2) is 3.86. The predicted molar refractivity (Wildman–Crippen MR) is 74.1 cm³/mol. The van der Waals surface area contributed by atoms with Crippen LogP contribution >= 0.6 is 0 Å². The predicted octanol–water partition coefficient (Wildman–Crippen LogP) is 2.90. The Morgan fingerprint density at radius 3 is 2.20 bits per heavy atom. The summed E-state index contributed by atoms with van der Waals surface area (Å²) >= 11 is 0. The molecule has 4 aliphatic rings. The Labute approximate surface area is 119 Å². The number of hydrogen-bond donors (Lipinski definition) is 1. The van der Waals surface area contributed by atoms with E-state index in [-0.39, 0.29) is 5.41 Å². The SMILES string of the molecule is CC(C(=O)O)(n1cccn1)C12CC3CC(CC(C3)C1)C2. The summed E-state index contributed by atoms with van der Waals surface area (Å²) in [7, 11) is 0. The zero-order chi connectivity index (χ0) is 14.0. The van der Waals surface area contributed by atoms with Gasteiger partial charge >= 0.3 is 5.97 Å². The fourth-order valence-corrected chi connectivity index (χ4v) is 5.81. The van der Waals surface area contributed by atoms with Crippen molar-refractivity contribution in [1.29, 1.82) is 0 Å². The number of hydrogen-bond acceptors (Lipinski definition) is 2. The van der Waals surface area contributed by atoms with Crippen LogP contribution in [0.2, 0.25) is 0 Å². The van der Waals surface area contributed by atoms with Crippen LogP contribution in [0.15, 0.2) is 18.5 Å². The standard InChI is InChI=1S/C16H22N2O2/c1-15(14(19)20,18-4-2-3-17-18)16-8-11-5-12(9-16)7-13(6-11)10-16/h2-4,11-13H,5-10H2,1H3,(H,19,20). The maximum Gasteiger partial charge on any atom is 0.331 e. The lowest BCUT2D eigenvalue weighted by molar-refractivity contribution is -0.173. The number of rotatable bonds is 3. The van der Waals surface area contributed by atoms with Gasteiger partial charge in [0.15, 0.2) is 5.54 Å². The molecule has 0 aromatic carbocycles. The molecule has 1 aromatic heterocycles. The van der Waals surface area contributed by atoms with Crippen molar-refractivity contribution in [3.63, 3.8) is 0 Å². The second-order valence-electron chi connectivity index (χ2n) is 7.53. The van der Waals surface area contributed by atoms with Crippen LogP contribution in [-0.4, -0.2) is 20.9 Å². The topological polar surface area (TPSA) is 55.1 Å². The highest BCUT2D eigenvalue weighted by molar-refractivity contribution is 5.77. The van der Waals surface area contributed by atoms with E-state index >= 15 is 0 Å². The van der Waals surface area contributed by atoms with E-state index in [9.17, 15) is 9.90 Å². The molecule has 0 spiro atoms. The first-order valence-corrected chi connectivity index (χ1v) is 7.77. The normalized spacial score (nSPS) is 41.5. The molecule has 1 aromatic rings. The van der Waals surface area contributed by atoms with E-state index < -0.39 is 11.5 Å². The molecule has 108 valence electrons. The average molecular weight is 274 g/mol. The molecule has 4 heteroatoms. The molecule has 4 nitrogen and oxygen atoms in total. The van der Waals surface area contributed by atoms with Crippen LogP contribution in [-0.2, 0) is 10.3 Å². The molecule has 4 aliphatic carbocycles. The molecule has 20 heavy (non-hydrogen) atoms. The Hall–Kier alpha value is -1.32. The van der Waals surface area contributed by atoms with Gasteiger partial charge in [0.05, 0.1) is 0 Å². The molecule has 0 saturated heterocycles. The first-order valence-electron chi connectivity index (χ1n) is 7.77. The highest BCUT2D eigenvalue weighted by Crippen LogP contribution is 2.65. The quantitative estimate of drug-likeness (QED) is 0.922. The van der Waals surface area contributed by atoms with Gasteiger partial charge in [-0.15, -0.1) is 0 Å². The third kappa shape index (κ3) is 1.42. The fourth-order valence-electron chi connectivity index (χ4n) is 5.81. The fraction of sp³-hybridized carbons (Fsp3) is 0.750. The maximum atomic E-state index is 12.2. The van der Waals surface area contributed by atoms with E-state index in [0.717, 1.165) is 37.0 Å². The van der Waals surface area contributed by atoms with Gasteiger partial charge in [0, 0.05) is 17.8 Å². The number of nitrogens with zero attached hydrogens (tertiary/aromatic N) is 2. The zero-order valence-electron chi connectivity index (χ0n) is 12.0. The number of aromatic nitrogens is 2. The molecule has 4 fully saturated rings. The smallest absolute Gasteiger partial charge is 0.331 e. The van der Waals surface area contributed by atoms with Gasteiger partial charge in [-0.25, -0.2) is 4.79 Å². The Bertz CT molecular complexity index is 501. The van der Waals surface area contributed by atoms with Gasteiger partial charge in [0.1, 0.15) is 0 Å². The first kappa shape index (κ1) is 12.4. The molecule has 1 unspecified atom stereocenters. The Balaban J connectivity index is 1.83. The van der Waals surface area contributed by atoms with E-state index in [1.54, 1.807) is 10.9 Å². The van der Waals surface area contributed by atoms with Crippen LogP contribution in [0, 0.1) is 23.2 Å². The largest absolute Gasteiger partial charge is 0.479 e. The Morgan fingerprint density at radius 2 is 1.80 bits per heavy atom. The van der Waals surface area contributed by atoms with E-state index in [2.05, 4.69) is 5.10 Å². The summed E-state index contributed by atoms with van der Waals surface area (Å²) in [6.45, 7) is 1.90. The summed E-state index contributed by atoms with van der Waals surface area (Å²) in [5, 5.41) is 14.3. The summed E-state index contributed by atoms with van der Waals surface area (Å²) in [5.41, 5.74) is -0.994. The van der Waals surface area contributed by atoms with Crippen molar-refractivity contribution in [3.05, 3.63) is 18.5 Å². The summed E-state index contributed by atoms with van der Waals surface area (Å²) < 4.78 is 1.71. The van der Waals surface area contributed by atoms with Gasteiger partial charge in [0.25, 0.3) is 0 Å². The van der Waals surface area contributed by atoms with Crippen LogP contribution in [0.1, 0.15) is 45.4 Å². The van der Waals surface area contributed by atoms with E-state index in [4.69, 9.17) is 0 Å². The van der Waals surface area contributed by atoms with Gasteiger partial charge < -0.3 is 5.11 Å². The lowest BCUT2D eigenvalue weighted by Crippen LogP contribution is -2.61. The van der Waals surface area contributed by atoms with Crippen molar-refractivity contribution in [1.82, 2.24) is 9.78 Å². The second-order valence-corrected chi connectivity index (χ2v) is 7.53. The van der Waals surface area contributed by atoms with Gasteiger partial charge in [0.2, 0.25) is 0 Å². The molecule has 4 bridgehead atoms. The monoisotopic (exact) mass is 274 g/mol. The van der Waals surface area contributed by atoms with E-state index in [1.165, 1.54) is 19.3 Å². The van der Waals surface area contributed by atoms with Crippen molar-refractivity contribution in [2.45, 2.75) is 51.0 Å². The van der Waals surface area contributed by atoms with E-state index in [1.807, 2.05) is 19.2 Å². The van der Waals surface area contributed by atoms with Gasteiger partial charge in [-0.2, -0.15) is 5.10 Å². The van der Waals surface area contributed by atoms with Crippen LogP contribution in [0.25, 0.3) is 0 Å². The number of aliphatic carboxylic acids is 1. The van der Waals surface area contributed by atoms with Gasteiger partial charge in [-0.1, -0.05) is 0 Å². The molecule has 1 N–H and O–H groups in total. The average Bonchev–Trinajstić information content (AvgIpc) is 2.89. The third-order valence-electron chi connectivity index (χ3n) is 6.45. The highest BCUT2D eigenvalue weighted by Gasteiger charge is 2.62. The molecular weight excluding hydrogens is 252 g/mol. The number of carboxylic acid groups (broad SMARTS) is 1. The summed E-state index contributed by atoms with van der Waals surface area (Å²) in [6, 6.07) is 1.84. The van der Waals surface area contributed by atoms with Crippen molar-refractivity contribution in [2.75, 3.05) is 0 Å². The summed E-state index contributed by atoms with van der Waals surface area (Å²) in [6.07, 6.45) is 10.7. The van der Waals surface area contributed by atoms with Crippen molar-refractivity contribution in [3.8, 4) is 0 Å². The highest BCUT2D eigenvalue weighted by atomic mass is 16.4. The molecule has 0 radical (unpaired) electrons. The minimum Gasteiger partial charge on any atom is -0.479 e. The van der Waals surface area contributed by atoms with Crippen molar-refractivity contribution < 1.29 is 9.90 Å². The lowest BCUT2D eigenvalue weighted by atomic mass is 9.45. The first-order chi connectivity index (χ1) is 9.53. The van der Waals surface area contributed by atoms with Gasteiger partial charge in [-0.3, -0.25) is 4.68 Å². The Morgan fingerprint density at radius 1 is 1.25 bits per heavy atom. The zero-order valence-corrected chi connectivity index (χ0v) is 12.0. The van der Waals surface area contributed by atoms with Crippen LogP contribution in [0.4, 0.5) is 0 Å². The minimum absolute atomic E-state index is 0.0976. The van der Waals surface area contributed by atoms with Crippen LogP contribution < -0.4 is 0 Å². The number of carboxylic acids is 1.